The second-order valence-electron chi connectivity index (χ2n) is 9.54. The fourth-order valence-corrected chi connectivity index (χ4v) is 4.94. The Labute approximate surface area is 228 Å². The van der Waals surface area contributed by atoms with Gasteiger partial charge >= 0.3 is 0 Å². The van der Waals surface area contributed by atoms with Crippen molar-refractivity contribution in [3.63, 3.8) is 0 Å². The Hall–Kier alpha value is -2.20. The van der Waals surface area contributed by atoms with Crippen molar-refractivity contribution in [3.8, 4) is 0 Å². The zero-order chi connectivity index (χ0) is 27.7. The summed E-state index contributed by atoms with van der Waals surface area (Å²) in [5, 5.41) is 55.9. The molecule has 1 unspecified atom stereocenters. The fraction of sp³-hybridized carbons (Fsp3) is 0.500. The third-order valence-corrected chi connectivity index (χ3v) is 7.19. The van der Waals surface area contributed by atoms with Gasteiger partial charge in [-0.2, -0.15) is 0 Å². The van der Waals surface area contributed by atoms with Crippen LogP contribution in [0.2, 0.25) is 5.02 Å². The third kappa shape index (κ3) is 5.97. The summed E-state index contributed by atoms with van der Waals surface area (Å²) >= 11 is 5.84. The summed E-state index contributed by atoms with van der Waals surface area (Å²) in [7, 11) is 0. The second kappa shape index (κ2) is 12.1. The Bertz CT molecular complexity index is 1100. The summed E-state index contributed by atoms with van der Waals surface area (Å²) in [4.78, 5) is 12.6. The number of nitrogens with one attached hydrogen (secondary N) is 1. The van der Waals surface area contributed by atoms with E-state index in [1.165, 1.54) is 24.3 Å². The number of benzene rings is 2. The number of amides is 1. The van der Waals surface area contributed by atoms with Crippen molar-refractivity contribution in [2.75, 3.05) is 13.2 Å². The van der Waals surface area contributed by atoms with Crippen molar-refractivity contribution in [1.29, 1.82) is 0 Å². The highest BCUT2D eigenvalue weighted by Gasteiger charge is 2.53. The molecule has 12 nitrogen and oxygen atoms in total. The van der Waals surface area contributed by atoms with Gasteiger partial charge in [0.25, 0.3) is 5.91 Å². The van der Waals surface area contributed by atoms with Crippen molar-refractivity contribution in [1.82, 2.24) is 5.32 Å². The smallest absolute Gasteiger partial charge is 0.253 e. The third-order valence-electron chi connectivity index (χ3n) is 6.94. The molecule has 0 saturated carbocycles. The van der Waals surface area contributed by atoms with E-state index in [0.29, 0.717) is 5.02 Å². The molecule has 212 valence electrons. The van der Waals surface area contributed by atoms with Crippen molar-refractivity contribution < 1.29 is 54.0 Å². The zero-order valence-corrected chi connectivity index (χ0v) is 21.3. The molecule has 6 N–H and O–H groups in total. The van der Waals surface area contributed by atoms with E-state index in [1.54, 1.807) is 12.1 Å². The van der Waals surface area contributed by atoms with Crippen LogP contribution in [0.5, 0.6) is 0 Å². The van der Waals surface area contributed by atoms with Gasteiger partial charge in [0.2, 0.25) is 0 Å². The van der Waals surface area contributed by atoms with E-state index in [-0.39, 0.29) is 12.2 Å². The maximum absolute atomic E-state index is 12.6. The SMILES string of the molecule is O=C(N[C@@H]1O[C@H](CO)[C@@H](O[C@H]2O[C@@H]3COC(c4ccccc4)O[C@H]3[C@H](O)[C@H]2O)[C@H](O)[C@H]1O)c1ccc(Cl)cc1. The zero-order valence-electron chi connectivity index (χ0n) is 20.5. The van der Waals surface area contributed by atoms with Gasteiger partial charge in [-0.3, -0.25) is 4.79 Å². The minimum Gasteiger partial charge on any atom is -0.394 e. The number of carbonyl (C=O) groups is 1. The molecule has 39 heavy (non-hydrogen) atoms. The molecule has 0 aromatic heterocycles. The van der Waals surface area contributed by atoms with Crippen LogP contribution < -0.4 is 5.32 Å². The van der Waals surface area contributed by atoms with Gasteiger partial charge in [-0.1, -0.05) is 41.9 Å². The van der Waals surface area contributed by atoms with Crippen molar-refractivity contribution >= 4 is 17.5 Å². The number of hydrogen-bond donors (Lipinski definition) is 6. The maximum Gasteiger partial charge on any atom is 0.253 e. The number of aliphatic hydroxyl groups is 5. The molecular formula is C26H30ClNO11. The predicted molar refractivity (Wildman–Crippen MR) is 132 cm³/mol. The molecule has 3 aliphatic rings. The van der Waals surface area contributed by atoms with Gasteiger partial charge in [-0.15, -0.1) is 0 Å². The molecule has 3 fully saturated rings. The Morgan fingerprint density at radius 3 is 2.33 bits per heavy atom. The van der Waals surface area contributed by atoms with Gasteiger partial charge in [0.05, 0.1) is 13.2 Å². The molecule has 11 atom stereocenters. The lowest BCUT2D eigenvalue weighted by Crippen LogP contribution is -2.67. The lowest BCUT2D eigenvalue weighted by atomic mass is 9.96. The van der Waals surface area contributed by atoms with Crippen LogP contribution in [0.3, 0.4) is 0 Å². The molecule has 3 saturated heterocycles. The van der Waals surface area contributed by atoms with Gasteiger partial charge < -0.3 is 54.5 Å². The molecule has 13 heteroatoms. The minimum atomic E-state index is -1.67. The topological polar surface area (TPSA) is 176 Å². The predicted octanol–water partition coefficient (Wildman–Crippen LogP) is -0.545. The van der Waals surface area contributed by atoms with Crippen LogP contribution in [0, 0.1) is 0 Å². The summed E-state index contributed by atoms with van der Waals surface area (Å²) in [5.74, 6) is -0.606. The first-order chi connectivity index (χ1) is 18.8. The van der Waals surface area contributed by atoms with Crippen molar-refractivity contribution in [3.05, 3.63) is 70.7 Å². The number of hydrogen-bond acceptors (Lipinski definition) is 11. The van der Waals surface area contributed by atoms with E-state index < -0.39 is 80.2 Å². The summed E-state index contributed by atoms with van der Waals surface area (Å²) < 4.78 is 28.8. The van der Waals surface area contributed by atoms with Crippen LogP contribution >= 0.6 is 11.6 Å². The Kier molecular flexibility index (Phi) is 8.81. The van der Waals surface area contributed by atoms with Crippen LogP contribution in [-0.4, -0.2) is 106 Å². The highest BCUT2D eigenvalue weighted by atomic mass is 35.5. The number of ether oxygens (including phenoxy) is 5. The molecule has 0 spiro atoms. The highest BCUT2D eigenvalue weighted by molar-refractivity contribution is 6.30. The van der Waals surface area contributed by atoms with Crippen LogP contribution in [0.15, 0.2) is 54.6 Å². The van der Waals surface area contributed by atoms with Gasteiger partial charge in [-0.05, 0) is 24.3 Å². The summed E-state index contributed by atoms with van der Waals surface area (Å²) in [5.41, 5.74) is 0.966. The lowest BCUT2D eigenvalue weighted by molar-refractivity contribution is -0.379. The standard InChI is InChI=1S/C26H30ClNO11/c27-14-8-6-12(7-9-14)23(34)28-24-19(32)17(30)21(15(10-29)36-24)39-26-20(33)18(31)22-16(37-26)11-35-25(38-22)13-4-2-1-3-5-13/h1-9,15-22,24-26,29-33H,10-11H2,(H,28,34)/t15-,16-,17-,18-,19-,20-,21-,22-,24-,25?,26-/m1/s1. The monoisotopic (exact) mass is 567 g/mol. The van der Waals surface area contributed by atoms with E-state index >= 15 is 0 Å². The Balaban J connectivity index is 1.23. The normalized spacial score (nSPS) is 38.6. The van der Waals surface area contributed by atoms with Crippen LogP contribution in [0.25, 0.3) is 0 Å². The highest BCUT2D eigenvalue weighted by Crippen LogP contribution is 2.35. The quantitative estimate of drug-likeness (QED) is 0.264. The number of halogens is 1. The van der Waals surface area contributed by atoms with Gasteiger partial charge in [0.1, 0.15) is 48.8 Å². The molecule has 0 radical (unpaired) electrons. The Morgan fingerprint density at radius 2 is 1.64 bits per heavy atom. The van der Waals surface area contributed by atoms with E-state index in [4.69, 9.17) is 35.3 Å². The first kappa shape index (κ1) is 28.3. The number of rotatable bonds is 6. The van der Waals surface area contributed by atoms with Gasteiger partial charge in [0.15, 0.2) is 18.8 Å². The number of fused-ring (bicyclic) bond motifs is 1. The number of aliphatic hydroxyl groups excluding tert-OH is 5. The average Bonchev–Trinajstić information content (AvgIpc) is 2.96. The molecule has 5 rings (SSSR count). The van der Waals surface area contributed by atoms with E-state index in [1.807, 2.05) is 18.2 Å². The molecule has 3 heterocycles. The van der Waals surface area contributed by atoms with Crippen molar-refractivity contribution in [2.45, 2.75) is 67.6 Å². The van der Waals surface area contributed by atoms with E-state index in [0.717, 1.165) is 5.56 Å². The van der Waals surface area contributed by atoms with Crippen LogP contribution in [-0.2, 0) is 23.7 Å². The first-order valence-electron chi connectivity index (χ1n) is 12.4. The van der Waals surface area contributed by atoms with Crippen LogP contribution in [0.4, 0.5) is 0 Å². The summed E-state index contributed by atoms with van der Waals surface area (Å²) in [6.07, 6.45) is -14.4. The largest absolute Gasteiger partial charge is 0.394 e. The minimum absolute atomic E-state index is 0.0163. The molecule has 1 amide bonds. The van der Waals surface area contributed by atoms with Crippen molar-refractivity contribution in [2.24, 2.45) is 0 Å². The first-order valence-corrected chi connectivity index (χ1v) is 12.8. The van der Waals surface area contributed by atoms with Gasteiger partial charge in [-0.25, -0.2) is 0 Å². The van der Waals surface area contributed by atoms with E-state index in [2.05, 4.69) is 5.32 Å². The molecule has 2 aromatic rings. The summed E-state index contributed by atoms with van der Waals surface area (Å²) in [6.45, 7) is -0.646. The van der Waals surface area contributed by atoms with Crippen LogP contribution in [0.1, 0.15) is 22.2 Å². The summed E-state index contributed by atoms with van der Waals surface area (Å²) in [6, 6.07) is 15.1. The second-order valence-corrected chi connectivity index (χ2v) is 9.98. The molecule has 0 aliphatic carbocycles. The van der Waals surface area contributed by atoms with Gasteiger partial charge in [0, 0.05) is 16.1 Å². The molecule has 0 bridgehead atoms. The Morgan fingerprint density at radius 1 is 0.923 bits per heavy atom. The molecular weight excluding hydrogens is 538 g/mol. The lowest BCUT2D eigenvalue weighted by Gasteiger charge is -2.48. The van der Waals surface area contributed by atoms with E-state index in [9.17, 15) is 30.3 Å². The fourth-order valence-electron chi connectivity index (χ4n) is 4.81. The molecule has 3 aliphatic heterocycles. The average molecular weight is 568 g/mol. The molecule has 2 aromatic carbocycles. The number of carbonyl (C=O) groups excluding carboxylic acids is 1. The maximum atomic E-state index is 12.6.